The van der Waals surface area contributed by atoms with Gasteiger partial charge in [-0.25, -0.2) is 4.79 Å². The number of esters is 1. The molecule has 1 saturated carbocycles. The van der Waals surface area contributed by atoms with Crippen molar-refractivity contribution in [2.24, 2.45) is 5.92 Å². The Balaban J connectivity index is 2.37. The van der Waals surface area contributed by atoms with Crippen LogP contribution in [-0.4, -0.2) is 12.1 Å². The smallest absolute Gasteiger partial charge is 0.333 e. The van der Waals surface area contributed by atoms with Crippen LogP contribution in [0.25, 0.3) is 0 Å². The first-order valence-corrected chi connectivity index (χ1v) is 5.46. The van der Waals surface area contributed by atoms with Crippen molar-refractivity contribution < 1.29 is 9.53 Å². The average molecular weight is 196 g/mol. The molecule has 1 aliphatic carbocycles. The Morgan fingerprint density at radius 3 is 2.64 bits per heavy atom. The van der Waals surface area contributed by atoms with Crippen LogP contribution in [0.3, 0.4) is 0 Å². The molecular weight excluding hydrogens is 176 g/mol. The zero-order valence-corrected chi connectivity index (χ0v) is 9.21. The van der Waals surface area contributed by atoms with E-state index >= 15 is 0 Å². The zero-order valence-electron chi connectivity index (χ0n) is 9.21. The Hall–Kier alpha value is -0.790. The van der Waals surface area contributed by atoms with Gasteiger partial charge in [0, 0.05) is 5.57 Å². The van der Waals surface area contributed by atoms with Crippen LogP contribution in [-0.2, 0) is 9.53 Å². The zero-order chi connectivity index (χ0) is 10.6. The van der Waals surface area contributed by atoms with E-state index < -0.39 is 0 Å². The van der Waals surface area contributed by atoms with Gasteiger partial charge in [0.1, 0.15) is 6.10 Å². The van der Waals surface area contributed by atoms with Gasteiger partial charge in [0.05, 0.1) is 0 Å². The predicted octanol–water partition coefficient (Wildman–Crippen LogP) is 3.07. The van der Waals surface area contributed by atoms with Crippen LogP contribution < -0.4 is 0 Å². The second-order valence-electron chi connectivity index (χ2n) is 4.42. The third kappa shape index (κ3) is 3.52. The largest absolute Gasteiger partial charge is 0.459 e. The molecule has 1 aliphatic rings. The SMILES string of the molecule is C=C(C)C(=O)OC1CCCC(C)CC1. The molecule has 2 atom stereocenters. The fraction of sp³-hybridized carbons (Fsp3) is 0.750. The number of rotatable bonds is 2. The summed E-state index contributed by atoms with van der Waals surface area (Å²) < 4.78 is 5.34. The number of hydrogen-bond acceptors (Lipinski definition) is 2. The van der Waals surface area contributed by atoms with Crippen LogP contribution >= 0.6 is 0 Å². The van der Waals surface area contributed by atoms with Gasteiger partial charge < -0.3 is 4.74 Å². The molecule has 1 fully saturated rings. The van der Waals surface area contributed by atoms with Crippen molar-refractivity contribution in [3.05, 3.63) is 12.2 Å². The van der Waals surface area contributed by atoms with Crippen LogP contribution in [0, 0.1) is 5.92 Å². The Bertz CT molecular complexity index is 220. The standard InChI is InChI=1S/C12H20O2/c1-9(2)12(13)14-11-6-4-5-10(3)7-8-11/h10-11H,1,4-8H2,2-3H3. The lowest BCUT2D eigenvalue weighted by atomic mass is 10.0. The Labute approximate surface area is 86.3 Å². The van der Waals surface area contributed by atoms with Crippen molar-refractivity contribution in [2.45, 2.75) is 52.1 Å². The van der Waals surface area contributed by atoms with Crippen LogP contribution in [0.15, 0.2) is 12.2 Å². The lowest BCUT2D eigenvalue weighted by Crippen LogP contribution is -2.17. The number of ether oxygens (including phenoxy) is 1. The van der Waals surface area contributed by atoms with Crippen molar-refractivity contribution in [3.63, 3.8) is 0 Å². The Morgan fingerprint density at radius 2 is 2.00 bits per heavy atom. The number of carbonyl (C=O) groups excluding carboxylic acids is 1. The summed E-state index contributed by atoms with van der Waals surface area (Å²) in [6.45, 7) is 7.55. The molecular formula is C12H20O2. The van der Waals surface area contributed by atoms with E-state index in [1.807, 2.05) is 0 Å². The van der Waals surface area contributed by atoms with Gasteiger partial charge in [-0.3, -0.25) is 0 Å². The van der Waals surface area contributed by atoms with Crippen LogP contribution in [0.2, 0.25) is 0 Å². The average Bonchev–Trinajstić information content (AvgIpc) is 2.31. The molecule has 0 aromatic rings. The molecule has 80 valence electrons. The molecule has 0 aromatic carbocycles. The number of hydrogen-bond donors (Lipinski definition) is 0. The topological polar surface area (TPSA) is 26.3 Å². The molecule has 2 heteroatoms. The summed E-state index contributed by atoms with van der Waals surface area (Å²) in [5.74, 6) is 0.549. The molecule has 0 saturated heterocycles. The van der Waals surface area contributed by atoms with Gasteiger partial charge in [-0.2, -0.15) is 0 Å². The van der Waals surface area contributed by atoms with Gasteiger partial charge >= 0.3 is 5.97 Å². The summed E-state index contributed by atoms with van der Waals surface area (Å²) >= 11 is 0. The highest BCUT2D eigenvalue weighted by Crippen LogP contribution is 2.24. The number of carbonyl (C=O) groups is 1. The minimum Gasteiger partial charge on any atom is -0.459 e. The van der Waals surface area contributed by atoms with Gasteiger partial charge in [0.2, 0.25) is 0 Å². The summed E-state index contributed by atoms with van der Waals surface area (Å²) in [5, 5.41) is 0. The summed E-state index contributed by atoms with van der Waals surface area (Å²) in [4.78, 5) is 11.3. The lowest BCUT2D eigenvalue weighted by Gasteiger charge is -2.15. The molecule has 2 unspecified atom stereocenters. The maximum absolute atomic E-state index is 11.3. The highest BCUT2D eigenvalue weighted by molar-refractivity contribution is 5.87. The summed E-state index contributed by atoms with van der Waals surface area (Å²) in [5.41, 5.74) is 0.502. The maximum Gasteiger partial charge on any atom is 0.333 e. The monoisotopic (exact) mass is 196 g/mol. The van der Waals surface area contributed by atoms with E-state index in [2.05, 4.69) is 13.5 Å². The van der Waals surface area contributed by atoms with Crippen molar-refractivity contribution in [2.75, 3.05) is 0 Å². The molecule has 0 bridgehead atoms. The van der Waals surface area contributed by atoms with Gasteiger partial charge in [0.15, 0.2) is 0 Å². The summed E-state index contributed by atoms with van der Waals surface area (Å²) in [6, 6.07) is 0. The minimum atomic E-state index is -0.232. The highest BCUT2D eigenvalue weighted by Gasteiger charge is 2.19. The fourth-order valence-electron chi connectivity index (χ4n) is 1.82. The first kappa shape index (κ1) is 11.3. The van der Waals surface area contributed by atoms with E-state index in [1.165, 1.54) is 19.3 Å². The lowest BCUT2D eigenvalue weighted by molar-refractivity contribution is -0.144. The van der Waals surface area contributed by atoms with Crippen LogP contribution in [0.4, 0.5) is 0 Å². The molecule has 0 heterocycles. The highest BCUT2D eigenvalue weighted by atomic mass is 16.5. The summed E-state index contributed by atoms with van der Waals surface area (Å²) in [6.07, 6.45) is 5.78. The Morgan fingerprint density at radius 1 is 1.29 bits per heavy atom. The quantitative estimate of drug-likeness (QED) is 0.385. The van der Waals surface area contributed by atoms with Crippen LogP contribution in [0.1, 0.15) is 46.0 Å². The predicted molar refractivity (Wildman–Crippen MR) is 56.9 cm³/mol. The molecule has 2 nitrogen and oxygen atoms in total. The second-order valence-corrected chi connectivity index (χ2v) is 4.42. The molecule has 0 aromatic heterocycles. The molecule has 0 spiro atoms. The normalized spacial score (nSPS) is 27.9. The molecule has 14 heavy (non-hydrogen) atoms. The van der Waals surface area contributed by atoms with E-state index in [1.54, 1.807) is 6.92 Å². The minimum absolute atomic E-state index is 0.129. The molecule has 0 N–H and O–H groups in total. The van der Waals surface area contributed by atoms with Crippen molar-refractivity contribution >= 4 is 5.97 Å². The first-order chi connectivity index (χ1) is 6.59. The molecule has 0 aliphatic heterocycles. The third-order valence-corrected chi connectivity index (χ3v) is 2.83. The van der Waals surface area contributed by atoms with Crippen molar-refractivity contribution in [3.8, 4) is 0 Å². The van der Waals surface area contributed by atoms with Crippen molar-refractivity contribution in [1.82, 2.24) is 0 Å². The maximum atomic E-state index is 11.3. The van der Waals surface area contributed by atoms with Crippen molar-refractivity contribution in [1.29, 1.82) is 0 Å². The molecule has 1 rings (SSSR count). The van der Waals surface area contributed by atoms with E-state index in [0.29, 0.717) is 5.57 Å². The fourth-order valence-corrected chi connectivity index (χ4v) is 1.82. The van der Waals surface area contributed by atoms with E-state index in [0.717, 1.165) is 18.8 Å². The van der Waals surface area contributed by atoms with Gasteiger partial charge in [-0.05, 0) is 38.5 Å². The third-order valence-electron chi connectivity index (χ3n) is 2.83. The summed E-state index contributed by atoms with van der Waals surface area (Å²) in [7, 11) is 0. The van der Waals surface area contributed by atoms with E-state index in [-0.39, 0.29) is 12.1 Å². The molecule has 0 radical (unpaired) electrons. The van der Waals surface area contributed by atoms with Gasteiger partial charge in [-0.15, -0.1) is 0 Å². The molecule has 0 amide bonds. The van der Waals surface area contributed by atoms with Crippen LogP contribution in [0.5, 0.6) is 0 Å². The van der Waals surface area contributed by atoms with E-state index in [4.69, 9.17) is 4.74 Å². The Kier molecular flexibility index (Phi) is 4.18. The van der Waals surface area contributed by atoms with Gasteiger partial charge in [-0.1, -0.05) is 19.9 Å². The second kappa shape index (κ2) is 5.18. The van der Waals surface area contributed by atoms with Gasteiger partial charge in [0.25, 0.3) is 0 Å². The van der Waals surface area contributed by atoms with E-state index in [9.17, 15) is 4.79 Å². The first-order valence-electron chi connectivity index (χ1n) is 5.46.